The van der Waals surface area contributed by atoms with E-state index in [1.807, 2.05) is 0 Å². The molecule has 1 heterocycles. The van der Waals surface area contributed by atoms with Crippen LogP contribution >= 0.6 is 22.9 Å². The molecule has 0 unspecified atom stereocenters. The Labute approximate surface area is 154 Å². The van der Waals surface area contributed by atoms with Gasteiger partial charge < -0.3 is 5.73 Å². The van der Waals surface area contributed by atoms with Gasteiger partial charge in [0.2, 0.25) is 5.78 Å². The van der Waals surface area contributed by atoms with Crippen LogP contribution in [0, 0.1) is 0 Å². The maximum atomic E-state index is 12.9. The van der Waals surface area contributed by atoms with Crippen molar-refractivity contribution < 1.29 is 13.2 Å². The lowest BCUT2D eigenvalue weighted by atomic mass is 10.1. The number of carbonyl (C=O) groups is 1. The molecule has 25 heavy (non-hydrogen) atoms. The van der Waals surface area contributed by atoms with Crippen LogP contribution in [0.5, 0.6) is 0 Å². The minimum absolute atomic E-state index is 0.146. The van der Waals surface area contributed by atoms with Gasteiger partial charge in [0.25, 0.3) is 0 Å². The van der Waals surface area contributed by atoms with E-state index in [2.05, 4.69) is 4.98 Å². The second-order valence-electron chi connectivity index (χ2n) is 5.34. The van der Waals surface area contributed by atoms with Gasteiger partial charge in [-0.2, -0.15) is 0 Å². The molecule has 128 valence electrons. The van der Waals surface area contributed by atoms with Crippen molar-refractivity contribution in [2.75, 3.05) is 12.0 Å². The largest absolute Gasteiger partial charge is 0.375 e. The number of hydrogen-bond acceptors (Lipinski definition) is 6. The summed E-state index contributed by atoms with van der Waals surface area (Å²) in [5, 5.41) is 0.547. The highest BCUT2D eigenvalue weighted by Crippen LogP contribution is 2.33. The Morgan fingerprint density at radius 3 is 2.56 bits per heavy atom. The minimum Gasteiger partial charge on any atom is -0.375 e. The normalized spacial score (nSPS) is 11.4. The van der Waals surface area contributed by atoms with E-state index in [0.717, 1.165) is 17.6 Å². The third-order valence-electron chi connectivity index (χ3n) is 3.50. The lowest BCUT2D eigenvalue weighted by molar-refractivity contribution is 0.104. The number of ketones is 1. The summed E-state index contributed by atoms with van der Waals surface area (Å²) in [6, 6.07) is 13.0. The molecule has 0 aliphatic heterocycles. The van der Waals surface area contributed by atoms with Crippen LogP contribution in [0.4, 0.5) is 5.13 Å². The third-order valence-corrected chi connectivity index (χ3v) is 5.83. The predicted molar refractivity (Wildman–Crippen MR) is 100.0 cm³/mol. The van der Waals surface area contributed by atoms with E-state index >= 15 is 0 Å². The maximum absolute atomic E-state index is 12.9. The van der Waals surface area contributed by atoms with Crippen LogP contribution in [0.2, 0.25) is 5.02 Å². The minimum atomic E-state index is -3.38. The van der Waals surface area contributed by atoms with E-state index in [0.29, 0.717) is 26.7 Å². The molecule has 0 aliphatic carbocycles. The molecule has 2 N–H and O–H groups in total. The second-order valence-corrected chi connectivity index (χ2v) is 8.79. The highest BCUT2D eigenvalue weighted by atomic mass is 35.5. The Hall–Kier alpha value is -2.22. The van der Waals surface area contributed by atoms with Crippen molar-refractivity contribution in [3.63, 3.8) is 0 Å². The molecular formula is C17H13ClN2O3S2. The van der Waals surface area contributed by atoms with Crippen molar-refractivity contribution in [2.45, 2.75) is 4.90 Å². The molecule has 5 nitrogen and oxygen atoms in total. The van der Waals surface area contributed by atoms with Crippen molar-refractivity contribution in [1.29, 1.82) is 0 Å². The molecule has 0 saturated carbocycles. The van der Waals surface area contributed by atoms with E-state index in [4.69, 9.17) is 17.3 Å². The van der Waals surface area contributed by atoms with Gasteiger partial charge >= 0.3 is 0 Å². The molecule has 1 aromatic heterocycles. The Bertz CT molecular complexity index is 1080. The van der Waals surface area contributed by atoms with Gasteiger partial charge in [0, 0.05) is 17.4 Å². The first-order valence-corrected chi connectivity index (χ1v) is 10.2. The van der Waals surface area contributed by atoms with E-state index in [1.165, 1.54) is 12.1 Å². The average Bonchev–Trinajstić information content (AvgIpc) is 2.96. The third kappa shape index (κ3) is 3.58. The Balaban J connectivity index is 2.15. The molecule has 0 spiro atoms. The van der Waals surface area contributed by atoms with Crippen LogP contribution in [0.1, 0.15) is 15.2 Å². The fourth-order valence-corrected chi connectivity index (χ4v) is 4.03. The van der Waals surface area contributed by atoms with Crippen molar-refractivity contribution in [3.05, 3.63) is 64.0 Å². The van der Waals surface area contributed by atoms with Crippen LogP contribution in [0.3, 0.4) is 0 Å². The molecule has 2 aromatic carbocycles. The SMILES string of the molecule is CS(=O)(=O)c1cccc(-c2nc(N)sc2C(=O)c2ccccc2Cl)c1. The summed E-state index contributed by atoms with van der Waals surface area (Å²) in [7, 11) is -3.38. The number of anilines is 1. The summed E-state index contributed by atoms with van der Waals surface area (Å²) in [5.41, 5.74) is 6.99. The van der Waals surface area contributed by atoms with Crippen molar-refractivity contribution in [1.82, 2.24) is 4.98 Å². The summed E-state index contributed by atoms with van der Waals surface area (Å²) in [6.45, 7) is 0. The Kier molecular flexibility index (Phi) is 4.64. The number of halogens is 1. The number of sulfone groups is 1. The summed E-state index contributed by atoms with van der Waals surface area (Å²) in [6.07, 6.45) is 1.12. The summed E-state index contributed by atoms with van der Waals surface area (Å²) in [5.74, 6) is -0.306. The average molecular weight is 393 g/mol. The van der Waals surface area contributed by atoms with E-state index in [1.54, 1.807) is 36.4 Å². The Morgan fingerprint density at radius 1 is 1.16 bits per heavy atom. The van der Waals surface area contributed by atoms with Gasteiger partial charge in [-0.05, 0) is 24.3 Å². The van der Waals surface area contributed by atoms with Crippen LogP contribution < -0.4 is 5.73 Å². The van der Waals surface area contributed by atoms with Crippen LogP contribution in [0.25, 0.3) is 11.3 Å². The van der Waals surface area contributed by atoms with Crippen LogP contribution in [-0.2, 0) is 9.84 Å². The molecule has 0 atom stereocenters. The van der Waals surface area contributed by atoms with Gasteiger partial charge in [-0.1, -0.05) is 47.2 Å². The number of aromatic nitrogens is 1. The van der Waals surface area contributed by atoms with Crippen LogP contribution in [0.15, 0.2) is 53.4 Å². The monoisotopic (exact) mass is 392 g/mol. The molecule has 0 saturated heterocycles. The summed E-state index contributed by atoms with van der Waals surface area (Å²) < 4.78 is 23.6. The van der Waals surface area contributed by atoms with Crippen molar-refractivity contribution in [3.8, 4) is 11.3 Å². The standard InChI is InChI=1S/C17H13ClN2O3S2/c1-25(22,23)11-6-4-5-10(9-11)14-16(24-17(19)20-14)15(21)12-7-2-3-8-13(12)18/h2-9H,1H3,(H2,19,20). The lowest BCUT2D eigenvalue weighted by Crippen LogP contribution is -2.02. The van der Waals surface area contributed by atoms with Crippen molar-refractivity contribution >= 4 is 43.7 Å². The Morgan fingerprint density at radius 2 is 1.88 bits per heavy atom. The zero-order valence-corrected chi connectivity index (χ0v) is 15.5. The molecule has 0 fully saturated rings. The van der Waals surface area contributed by atoms with Gasteiger partial charge in [0.05, 0.1) is 15.6 Å². The number of hydrogen-bond donors (Lipinski definition) is 1. The highest BCUT2D eigenvalue weighted by Gasteiger charge is 2.22. The fourth-order valence-electron chi connectivity index (χ4n) is 2.33. The number of nitrogens with zero attached hydrogens (tertiary/aromatic N) is 1. The van der Waals surface area contributed by atoms with E-state index in [-0.39, 0.29) is 15.8 Å². The number of carbonyl (C=O) groups excluding carboxylic acids is 1. The zero-order chi connectivity index (χ0) is 18.2. The quantitative estimate of drug-likeness (QED) is 0.684. The van der Waals surface area contributed by atoms with E-state index in [9.17, 15) is 13.2 Å². The van der Waals surface area contributed by atoms with Gasteiger partial charge in [0.1, 0.15) is 4.88 Å². The number of nitrogen functional groups attached to an aromatic ring is 1. The van der Waals surface area contributed by atoms with Crippen LogP contribution in [-0.4, -0.2) is 25.4 Å². The maximum Gasteiger partial charge on any atom is 0.206 e. The highest BCUT2D eigenvalue weighted by molar-refractivity contribution is 7.90. The molecule has 0 aliphatic rings. The molecular weight excluding hydrogens is 380 g/mol. The first-order valence-electron chi connectivity index (χ1n) is 7.13. The molecule has 3 rings (SSSR count). The van der Waals surface area contributed by atoms with Gasteiger partial charge in [-0.25, -0.2) is 13.4 Å². The first-order chi connectivity index (χ1) is 11.8. The number of rotatable bonds is 4. The lowest BCUT2D eigenvalue weighted by Gasteiger charge is -2.05. The molecule has 0 radical (unpaired) electrons. The molecule has 3 aromatic rings. The smallest absolute Gasteiger partial charge is 0.206 e. The van der Waals surface area contributed by atoms with Gasteiger partial charge in [0.15, 0.2) is 15.0 Å². The molecule has 0 bridgehead atoms. The fraction of sp³-hybridized carbons (Fsp3) is 0.0588. The summed E-state index contributed by atoms with van der Waals surface area (Å²) >= 11 is 7.16. The molecule has 0 amide bonds. The number of thiazole rings is 1. The number of benzene rings is 2. The van der Waals surface area contributed by atoms with E-state index < -0.39 is 9.84 Å². The first kappa shape index (κ1) is 17.6. The molecule has 8 heteroatoms. The zero-order valence-electron chi connectivity index (χ0n) is 13.1. The predicted octanol–water partition coefficient (Wildman–Crippen LogP) is 3.68. The van der Waals surface area contributed by atoms with Gasteiger partial charge in [-0.15, -0.1) is 0 Å². The summed E-state index contributed by atoms with van der Waals surface area (Å²) in [4.78, 5) is 17.5. The van der Waals surface area contributed by atoms with Crippen molar-refractivity contribution in [2.24, 2.45) is 0 Å². The van der Waals surface area contributed by atoms with Gasteiger partial charge in [-0.3, -0.25) is 4.79 Å². The second kappa shape index (κ2) is 6.59. The topological polar surface area (TPSA) is 90.1 Å². The number of nitrogens with two attached hydrogens (primary N) is 1.